The van der Waals surface area contributed by atoms with E-state index in [0.717, 1.165) is 12.8 Å². The van der Waals surface area contributed by atoms with Crippen LogP contribution in [-0.2, 0) is 0 Å². The first-order valence-electron chi connectivity index (χ1n) is 3.86. The Bertz CT molecular complexity index is 392. The Hall–Kier alpha value is -1.16. The minimum Gasteiger partial charge on any atom is -0.476 e. The van der Waals surface area contributed by atoms with Crippen molar-refractivity contribution in [3.05, 3.63) is 16.0 Å². The molecule has 2 N–H and O–H groups in total. The molecule has 1 atom stereocenters. The number of rotatable bonds is 3. The molecular formula is C6H8N3O3P. The van der Waals surface area contributed by atoms with E-state index < -0.39 is 17.2 Å². The third kappa shape index (κ3) is 1.62. The molecule has 1 saturated carbocycles. The number of carboxylic acids is 1. The Morgan fingerprint density at radius 1 is 1.69 bits per heavy atom. The van der Waals surface area contributed by atoms with Crippen molar-refractivity contribution in [2.75, 3.05) is 0 Å². The Labute approximate surface area is 74.8 Å². The predicted octanol–water partition coefficient (Wildman–Crippen LogP) is -0.126. The number of carboxylic acid groups (broad SMARTS) is 1. The van der Waals surface area contributed by atoms with Crippen LogP contribution in [0.2, 0.25) is 0 Å². The quantitative estimate of drug-likeness (QED) is 0.667. The van der Waals surface area contributed by atoms with Crippen molar-refractivity contribution in [1.82, 2.24) is 14.8 Å². The Morgan fingerprint density at radius 2 is 2.38 bits per heavy atom. The van der Waals surface area contributed by atoms with Gasteiger partial charge in [-0.2, -0.15) is 0 Å². The number of nitrogens with zero attached hydrogens (tertiary/aromatic N) is 2. The fraction of sp³-hybridized carbons (Fsp3) is 0.500. The number of hydrogen-bond donors (Lipinski definition) is 2. The van der Waals surface area contributed by atoms with Crippen molar-refractivity contribution in [2.45, 2.75) is 18.5 Å². The molecule has 7 heteroatoms. The first-order chi connectivity index (χ1) is 6.18. The molecule has 6 nitrogen and oxygen atoms in total. The van der Waals surface area contributed by atoms with Gasteiger partial charge in [-0.15, -0.1) is 5.10 Å². The zero-order chi connectivity index (χ0) is 9.42. The SMILES string of the molecule is O=C(O)c1n[nH]n(PC2CC2)c1=O. The fourth-order valence-electron chi connectivity index (χ4n) is 0.921. The highest BCUT2D eigenvalue weighted by Gasteiger charge is 2.24. The van der Waals surface area contributed by atoms with Crippen LogP contribution in [0, 0.1) is 0 Å². The average Bonchev–Trinajstić information content (AvgIpc) is 2.78. The van der Waals surface area contributed by atoms with Gasteiger partial charge in [-0.1, -0.05) is 0 Å². The van der Waals surface area contributed by atoms with E-state index >= 15 is 0 Å². The van der Waals surface area contributed by atoms with Gasteiger partial charge in [0.05, 0.1) is 0 Å². The van der Waals surface area contributed by atoms with Gasteiger partial charge in [0.25, 0.3) is 0 Å². The molecule has 0 aliphatic heterocycles. The lowest BCUT2D eigenvalue weighted by atomic mass is 10.5. The molecule has 0 saturated heterocycles. The number of hydrogen-bond acceptors (Lipinski definition) is 3. The summed E-state index contributed by atoms with van der Waals surface area (Å²) in [5, 5.41) is 14.4. The zero-order valence-electron chi connectivity index (χ0n) is 6.65. The van der Waals surface area contributed by atoms with Crippen LogP contribution in [0.15, 0.2) is 4.79 Å². The zero-order valence-corrected chi connectivity index (χ0v) is 7.65. The van der Waals surface area contributed by atoms with Crippen molar-refractivity contribution in [3.63, 3.8) is 0 Å². The molecule has 2 rings (SSSR count). The highest BCUT2D eigenvalue weighted by atomic mass is 31.1. The summed E-state index contributed by atoms with van der Waals surface area (Å²) >= 11 is 0. The minimum absolute atomic E-state index is 0.307. The topological polar surface area (TPSA) is 88.0 Å². The van der Waals surface area contributed by atoms with Gasteiger partial charge >= 0.3 is 11.5 Å². The van der Waals surface area contributed by atoms with E-state index in [0.29, 0.717) is 14.4 Å². The standard InChI is InChI=1S/C6H8N3O3P/c10-5-4(6(11)12)7-8-9(5)13-3-1-2-3/h3,8,13H,1-2H2,(H,11,12). The fourth-order valence-corrected chi connectivity index (χ4v) is 2.04. The van der Waals surface area contributed by atoms with Crippen LogP contribution in [-0.4, -0.2) is 31.5 Å². The van der Waals surface area contributed by atoms with Crippen molar-refractivity contribution in [1.29, 1.82) is 0 Å². The molecular weight excluding hydrogens is 193 g/mol. The Balaban J connectivity index is 2.26. The summed E-state index contributed by atoms with van der Waals surface area (Å²) in [5.41, 5.74) is -0.411. The van der Waals surface area contributed by atoms with Crippen LogP contribution in [0.25, 0.3) is 0 Å². The maximum absolute atomic E-state index is 11.3. The smallest absolute Gasteiger partial charge is 0.362 e. The molecule has 0 spiro atoms. The number of carbonyl (C=O) groups is 1. The third-order valence-electron chi connectivity index (χ3n) is 1.76. The molecule has 0 amide bonds. The van der Waals surface area contributed by atoms with Crippen molar-refractivity contribution < 1.29 is 9.90 Å². The van der Waals surface area contributed by atoms with E-state index in [-0.39, 0.29) is 0 Å². The molecule has 1 aromatic heterocycles. The number of H-pyrrole nitrogens is 1. The molecule has 1 unspecified atom stereocenters. The largest absolute Gasteiger partial charge is 0.476 e. The van der Waals surface area contributed by atoms with Gasteiger partial charge in [-0.3, -0.25) is 4.79 Å². The van der Waals surface area contributed by atoms with Gasteiger partial charge in [0.2, 0.25) is 5.69 Å². The summed E-state index contributed by atoms with van der Waals surface area (Å²) in [6.07, 6.45) is 2.23. The van der Waals surface area contributed by atoms with Gasteiger partial charge in [0.1, 0.15) is 0 Å². The second-order valence-electron chi connectivity index (χ2n) is 2.91. The molecule has 13 heavy (non-hydrogen) atoms. The highest BCUT2D eigenvalue weighted by Crippen LogP contribution is 2.38. The summed E-state index contributed by atoms with van der Waals surface area (Å²) in [5.74, 6) is -1.28. The van der Waals surface area contributed by atoms with Crippen LogP contribution in [0.5, 0.6) is 0 Å². The maximum atomic E-state index is 11.3. The molecule has 1 aromatic rings. The van der Waals surface area contributed by atoms with Crippen LogP contribution in [0.1, 0.15) is 23.3 Å². The normalized spacial score (nSPS) is 16.9. The Morgan fingerprint density at radius 3 is 2.85 bits per heavy atom. The summed E-state index contributed by atoms with van der Waals surface area (Å²) in [4.78, 5) is 21.7. The molecule has 0 bridgehead atoms. The molecule has 70 valence electrons. The van der Waals surface area contributed by atoms with Crippen LogP contribution >= 0.6 is 8.73 Å². The number of aromatic amines is 1. The van der Waals surface area contributed by atoms with Crippen LogP contribution < -0.4 is 5.56 Å². The monoisotopic (exact) mass is 201 g/mol. The molecule has 1 aliphatic carbocycles. The molecule has 0 radical (unpaired) electrons. The summed E-state index contributed by atoms with van der Waals surface area (Å²) < 4.78 is 1.28. The van der Waals surface area contributed by atoms with E-state index in [4.69, 9.17) is 5.11 Å². The van der Waals surface area contributed by atoms with E-state index in [1.54, 1.807) is 0 Å². The number of aromatic nitrogens is 3. The van der Waals surface area contributed by atoms with Crippen LogP contribution in [0.3, 0.4) is 0 Å². The van der Waals surface area contributed by atoms with Gasteiger partial charge in [-0.05, 0) is 18.5 Å². The molecule has 1 heterocycles. The number of aromatic carboxylic acids is 1. The molecule has 1 fully saturated rings. The van der Waals surface area contributed by atoms with Gasteiger partial charge in [-0.25, -0.2) is 14.5 Å². The van der Waals surface area contributed by atoms with Crippen molar-refractivity contribution >= 4 is 14.7 Å². The van der Waals surface area contributed by atoms with Gasteiger partial charge < -0.3 is 5.11 Å². The van der Waals surface area contributed by atoms with E-state index in [1.807, 2.05) is 0 Å². The van der Waals surface area contributed by atoms with E-state index in [1.165, 1.54) is 4.45 Å². The minimum atomic E-state index is -1.28. The predicted molar refractivity (Wildman–Crippen MR) is 46.5 cm³/mol. The lowest BCUT2D eigenvalue weighted by molar-refractivity contribution is 0.0689. The maximum Gasteiger partial charge on any atom is 0.362 e. The summed E-state index contributed by atoms with van der Waals surface area (Å²) in [6, 6.07) is 0. The van der Waals surface area contributed by atoms with E-state index in [2.05, 4.69) is 10.3 Å². The van der Waals surface area contributed by atoms with Crippen molar-refractivity contribution in [2.24, 2.45) is 0 Å². The molecule has 0 aromatic carbocycles. The average molecular weight is 201 g/mol. The van der Waals surface area contributed by atoms with Crippen LogP contribution in [0.4, 0.5) is 0 Å². The van der Waals surface area contributed by atoms with E-state index in [9.17, 15) is 9.59 Å². The van der Waals surface area contributed by atoms with Gasteiger partial charge in [0, 0.05) is 8.73 Å². The lowest BCUT2D eigenvalue weighted by Crippen LogP contribution is -2.17. The second kappa shape index (κ2) is 2.96. The van der Waals surface area contributed by atoms with Gasteiger partial charge in [0.15, 0.2) is 0 Å². The third-order valence-corrected chi connectivity index (χ3v) is 3.26. The van der Waals surface area contributed by atoms with Crippen molar-refractivity contribution in [3.8, 4) is 0 Å². The lowest BCUT2D eigenvalue weighted by Gasteiger charge is -1.94. The summed E-state index contributed by atoms with van der Waals surface area (Å²) in [6.45, 7) is 0. The second-order valence-corrected chi connectivity index (χ2v) is 4.43. The molecule has 1 aliphatic rings. The highest BCUT2D eigenvalue weighted by molar-refractivity contribution is 7.37. The first-order valence-corrected chi connectivity index (χ1v) is 4.88. The Kier molecular flexibility index (Phi) is 1.92. The summed E-state index contributed by atoms with van der Waals surface area (Å²) in [7, 11) is 0.307. The first kappa shape index (κ1) is 8.44. The number of nitrogens with one attached hydrogen (secondary N) is 1.